The Bertz CT molecular complexity index is 434. The van der Waals surface area contributed by atoms with Crippen LogP contribution in [-0.4, -0.2) is 36.3 Å². The van der Waals surface area contributed by atoms with Crippen molar-refractivity contribution in [2.45, 2.75) is 38.6 Å². The summed E-state index contributed by atoms with van der Waals surface area (Å²) in [5.74, 6) is 0.457. The molecule has 21 heavy (non-hydrogen) atoms. The summed E-state index contributed by atoms with van der Waals surface area (Å²) in [7, 11) is 0. The molecule has 118 valence electrons. The zero-order valence-corrected chi connectivity index (χ0v) is 12.9. The number of ether oxygens (including phenoxy) is 1. The number of carbonyl (C=O) groups is 1. The van der Waals surface area contributed by atoms with E-state index in [1.165, 1.54) is 0 Å². The molecule has 1 atom stereocenters. The average Bonchev–Trinajstić information content (AvgIpc) is 2.46. The molecule has 5 heteroatoms. The molecule has 1 amide bonds. The van der Waals surface area contributed by atoms with Crippen LogP contribution >= 0.6 is 0 Å². The topological polar surface area (TPSA) is 84.6 Å². The monoisotopic (exact) mass is 294 g/mol. The Morgan fingerprint density at radius 2 is 2.05 bits per heavy atom. The Hall–Kier alpha value is -1.59. The highest BCUT2D eigenvalue weighted by molar-refractivity contribution is 5.84. The van der Waals surface area contributed by atoms with Crippen molar-refractivity contribution in [2.24, 2.45) is 5.73 Å². The lowest BCUT2D eigenvalue weighted by atomic mass is 9.95. The van der Waals surface area contributed by atoms with Gasteiger partial charge in [-0.25, -0.2) is 0 Å². The molecule has 1 unspecified atom stereocenters. The third kappa shape index (κ3) is 5.73. The summed E-state index contributed by atoms with van der Waals surface area (Å²) < 4.78 is 5.65. The van der Waals surface area contributed by atoms with Crippen LogP contribution in [0.5, 0.6) is 5.75 Å². The number of rotatable bonds is 10. The van der Waals surface area contributed by atoms with Crippen molar-refractivity contribution in [3.63, 3.8) is 0 Å². The molecule has 0 saturated carbocycles. The molecule has 0 aromatic heterocycles. The van der Waals surface area contributed by atoms with E-state index in [0.717, 1.165) is 17.7 Å². The van der Waals surface area contributed by atoms with Crippen molar-refractivity contribution in [3.05, 3.63) is 29.8 Å². The first kappa shape index (κ1) is 17.5. The predicted molar refractivity (Wildman–Crippen MR) is 83.2 cm³/mol. The van der Waals surface area contributed by atoms with Crippen molar-refractivity contribution in [1.82, 2.24) is 5.32 Å². The lowest BCUT2D eigenvalue weighted by Gasteiger charge is -2.26. The second-order valence-corrected chi connectivity index (χ2v) is 5.30. The molecule has 1 aromatic carbocycles. The van der Waals surface area contributed by atoms with E-state index in [9.17, 15) is 4.79 Å². The summed E-state index contributed by atoms with van der Waals surface area (Å²) in [6, 6.07) is 7.67. The number of hydrogen-bond donors (Lipinski definition) is 3. The molecule has 0 aliphatic heterocycles. The van der Waals surface area contributed by atoms with Gasteiger partial charge >= 0.3 is 0 Å². The van der Waals surface area contributed by atoms with Gasteiger partial charge in [0.25, 0.3) is 0 Å². The van der Waals surface area contributed by atoms with Gasteiger partial charge in [0.05, 0.1) is 12.1 Å². The maximum absolute atomic E-state index is 11.5. The van der Waals surface area contributed by atoms with Gasteiger partial charge in [-0.05, 0) is 50.4 Å². The summed E-state index contributed by atoms with van der Waals surface area (Å²) in [4.78, 5) is 11.5. The van der Waals surface area contributed by atoms with Crippen molar-refractivity contribution in [3.8, 4) is 5.75 Å². The quantitative estimate of drug-likeness (QED) is 0.567. The van der Waals surface area contributed by atoms with Gasteiger partial charge in [-0.1, -0.05) is 19.1 Å². The normalized spacial score (nSPS) is 13.7. The molecule has 0 bridgehead atoms. The molecule has 0 radical (unpaired) electrons. The maximum Gasteiger partial charge on any atom is 0.237 e. The van der Waals surface area contributed by atoms with Crippen LogP contribution in [0.1, 0.15) is 32.3 Å². The van der Waals surface area contributed by atoms with Crippen LogP contribution in [0.4, 0.5) is 0 Å². The largest absolute Gasteiger partial charge is 0.494 e. The number of aliphatic hydroxyl groups excluding tert-OH is 1. The molecule has 1 rings (SSSR count). The van der Waals surface area contributed by atoms with Crippen LogP contribution in [0.15, 0.2) is 24.3 Å². The number of likely N-dealkylation sites (N-methyl/N-ethyl adjacent to an activating group) is 1. The molecule has 1 aromatic rings. The molecule has 4 N–H and O–H groups in total. The van der Waals surface area contributed by atoms with Gasteiger partial charge < -0.3 is 20.9 Å². The highest BCUT2D eigenvalue weighted by atomic mass is 16.5. The fourth-order valence-corrected chi connectivity index (χ4v) is 2.19. The summed E-state index contributed by atoms with van der Waals surface area (Å²) in [5.41, 5.74) is 5.84. The molecule has 0 fully saturated rings. The van der Waals surface area contributed by atoms with Crippen LogP contribution < -0.4 is 15.8 Å². The average molecular weight is 294 g/mol. The second-order valence-electron chi connectivity index (χ2n) is 5.30. The Morgan fingerprint density at radius 1 is 1.38 bits per heavy atom. The van der Waals surface area contributed by atoms with Crippen LogP contribution in [-0.2, 0) is 11.2 Å². The SMILES string of the molecule is CCNC(C)(CCCOc1ccc(CCO)cc1)C(N)=O. The number of benzene rings is 1. The van der Waals surface area contributed by atoms with E-state index in [1.807, 2.05) is 38.1 Å². The molecule has 0 aliphatic carbocycles. The van der Waals surface area contributed by atoms with E-state index < -0.39 is 5.54 Å². The van der Waals surface area contributed by atoms with Crippen molar-refractivity contribution < 1.29 is 14.6 Å². The first-order valence-electron chi connectivity index (χ1n) is 7.39. The molecule has 0 heterocycles. The zero-order chi connectivity index (χ0) is 15.7. The van der Waals surface area contributed by atoms with Gasteiger partial charge in [0.1, 0.15) is 5.75 Å². The fraction of sp³-hybridized carbons (Fsp3) is 0.562. The first-order chi connectivity index (χ1) is 10.0. The lowest BCUT2D eigenvalue weighted by molar-refractivity contribution is -0.124. The molecule has 0 saturated heterocycles. The van der Waals surface area contributed by atoms with Crippen molar-refractivity contribution in [2.75, 3.05) is 19.8 Å². The van der Waals surface area contributed by atoms with Gasteiger partial charge in [0.2, 0.25) is 5.91 Å². The highest BCUT2D eigenvalue weighted by Crippen LogP contribution is 2.15. The second kappa shape index (κ2) is 8.64. The smallest absolute Gasteiger partial charge is 0.237 e. The molecule has 0 aliphatic rings. The van der Waals surface area contributed by atoms with E-state index in [4.69, 9.17) is 15.6 Å². The Morgan fingerprint density at radius 3 is 2.57 bits per heavy atom. The van der Waals surface area contributed by atoms with E-state index in [2.05, 4.69) is 5.32 Å². The number of aliphatic hydroxyl groups is 1. The Kier molecular flexibility index (Phi) is 7.19. The standard InChI is InChI=1S/C16H26N2O3/c1-3-18-16(2,15(17)20)10-4-12-21-14-7-5-13(6-8-14)9-11-19/h5-8,18-19H,3-4,9-12H2,1-2H3,(H2,17,20). The Balaban J connectivity index is 2.37. The number of primary amides is 1. The third-order valence-corrected chi connectivity index (χ3v) is 3.52. The van der Waals surface area contributed by atoms with Crippen molar-refractivity contribution >= 4 is 5.91 Å². The van der Waals surface area contributed by atoms with E-state index >= 15 is 0 Å². The van der Waals surface area contributed by atoms with Gasteiger partial charge in [-0.15, -0.1) is 0 Å². The third-order valence-electron chi connectivity index (χ3n) is 3.52. The zero-order valence-electron chi connectivity index (χ0n) is 12.9. The summed E-state index contributed by atoms with van der Waals surface area (Å²) in [6.45, 7) is 5.16. The van der Waals surface area contributed by atoms with Gasteiger partial charge in [0.15, 0.2) is 0 Å². The highest BCUT2D eigenvalue weighted by Gasteiger charge is 2.28. The number of amides is 1. The van der Waals surface area contributed by atoms with Gasteiger partial charge in [-0.2, -0.15) is 0 Å². The number of nitrogens with two attached hydrogens (primary N) is 1. The fourth-order valence-electron chi connectivity index (χ4n) is 2.19. The predicted octanol–water partition coefficient (Wildman–Crippen LogP) is 1.23. The molecular formula is C16H26N2O3. The molecule has 0 spiro atoms. The van der Waals surface area contributed by atoms with Crippen LogP contribution in [0.3, 0.4) is 0 Å². The maximum atomic E-state index is 11.5. The van der Waals surface area contributed by atoms with E-state index in [1.54, 1.807) is 0 Å². The van der Waals surface area contributed by atoms with Crippen LogP contribution in [0.2, 0.25) is 0 Å². The number of nitrogens with one attached hydrogen (secondary N) is 1. The van der Waals surface area contributed by atoms with Crippen LogP contribution in [0.25, 0.3) is 0 Å². The number of carbonyl (C=O) groups excluding carboxylic acids is 1. The van der Waals surface area contributed by atoms with Gasteiger partial charge in [0, 0.05) is 6.61 Å². The Labute approximate surface area is 126 Å². The number of hydrogen-bond acceptors (Lipinski definition) is 4. The minimum absolute atomic E-state index is 0.149. The van der Waals surface area contributed by atoms with Crippen molar-refractivity contribution in [1.29, 1.82) is 0 Å². The van der Waals surface area contributed by atoms with E-state index in [0.29, 0.717) is 26.0 Å². The van der Waals surface area contributed by atoms with Gasteiger partial charge in [-0.3, -0.25) is 4.79 Å². The van der Waals surface area contributed by atoms with Crippen LogP contribution in [0, 0.1) is 0 Å². The minimum Gasteiger partial charge on any atom is -0.494 e. The van der Waals surface area contributed by atoms with E-state index in [-0.39, 0.29) is 12.5 Å². The summed E-state index contributed by atoms with van der Waals surface area (Å²) >= 11 is 0. The molecule has 5 nitrogen and oxygen atoms in total. The first-order valence-corrected chi connectivity index (χ1v) is 7.39. The lowest BCUT2D eigenvalue weighted by Crippen LogP contribution is -2.53. The molecular weight excluding hydrogens is 268 g/mol. The summed E-state index contributed by atoms with van der Waals surface area (Å²) in [5, 5.41) is 12.0. The minimum atomic E-state index is -0.677. The summed E-state index contributed by atoms with van der Waals surface area (Å²) in [6.07, 6.45) is 2.03.